The van der Waals surface area contributed by atoms with Crippen LogP contribution >= 0.6 is 11.3 Å². The predicted octanol–water partition coefficient (Wildman–Crippen LogP) is 4.24. The van der Waals surface area contributed by atoms with Gasteiger partial charge < -0.3 is 5.32 Å². The first-order chi connectivity index (χ1) is 8.86. The fourth-order valence-electron chi connectivity index (χ4n) is 2.12. The molecule has 1 rings (SSSR count). The second-order valence-corrected chi connectivity index (χ2v) is 5.75. The van der Waals surface area contributed by atoms with Crippen LogP contribution in [0.3, 0.4) is 0 Å². The molecule has 0 spiro atoms. The number of hydrogen-bond donors (Lipinski definition) is 1. The minimum atomic E-state index is 0.651. The zero-order valence-corrected chi connectivity index (χ0v) is 12.3. The first kappa shape index (κ1) is 15.3. The quantitative estimate of drug-likeness (QED) is 0.492. The van der Waals surface area contributed by atoms with Crippen molar-refractivity contribution in [2.45, 2.75) is 57.9 Å². The molecule has 0 saturated heterocycles. The molecule has 1 N–H and O–H groups in total. The molecule has 1 aromatic heterocycles. The summed E-state index contributed by atoms with van der Waals surface area (Å²) in [5, 5.41) is 5.80. The van der Waals surface area contributed by atoms with E-state index in [9.17, 15) is 0 Å². The first-order valence-corrected chi connectivity index (χ1v) is 7.94. The van der Waals surface area contributed by atoms with E-state index < -0.39 is 0 Å². The van der Waals surface area contributed by atoms with Crippen molar-refractivity contribution in [3.05, 3.63) is 22.4 Å². The maximum Gasteiger partial charge on any atom is 0.00866 e. The highest BCUT2D eigenvalue weighted by atomic mass is 32.1. The molecule has 0 aliphatic heterocycles. The molecule has 0 aliphatic rings. The summed E-state index contributed by atoms with van der Waals surface area (Å²) in [6.45, 7) is 3.34. The van der Waals surface area contributed by atoms with E-state index >= 15 is 0 Å². The fraction of sp³-hybridized carbons (Fsp3) is 0.625. The van der Waals surface area contributed by atoms with Gasteiger partial charge in [0, 0.05) is 17.3 Å². The summed E-state index contributed by atoms with van der Waals surface area (Å²) in [6, 6.07) is 5.02. The number of nitrogens with one attached hydrogen (secondary N) is 1. The summed E-state index contributed by atoms with van der Waals surface area (Å²) in [5.74, 6) is 2.73. The molecule has 0 bridgehead atoms. The van der Waals surface area contributed by atoms with Gasteiger partial charge in [0.2, 0.25) is 0 Å². The molecule has 1 nitrogen and oxygen atoms in total. The Labute approximate surface area is 116 Å². The highest BCUT2D eigenvalue weighted by Crippen LogP contribution is 2.14. The molecule has 1 aromatic rings. The topological polar surface area (TPSA) is 12.0 Å². The van der Waals surface area contributed by atoms with Gasteiger partial charge in [-0.05, 0) is 56.5 Å². The second-order valence-electron chi connectivity index (χ2n) is 4.72. The van der Waals surface area contributed by atoms with Gasteiger partial charge in [0.15, 0.2) is 0 Å². The summed E-state index contributed by atoms with van der Waals surface area (Å²) in [4.78, 5) is 1.51. The zero-order chi connectivity index (χ0) is 13.1. The van der Waals surface area contributed by atoms with Crippen LogP contribution in [0.4, 0.5) is 0 Å². The van der Waals surface area contributed by atoms with Crippen molar-refractivity contribution < 1.29 is 0 Å². The van der Waals surface area contributed by atoms with E-state index in [1.165, 1.54) is 37.0 Å². The van der Waals surface area contributed by atoms with Crippen LogP contribution in [0.5, 0.6) is 0 Å². The van der Waals surface area contributed by atoms with Crippen molar-refractivity contribution in [2.75, 3.05) is 6.54 Å². The van der Waals surface area contributed by atoms with Gasteiger partial charge in [0.1, 0.15) is 0 Å². The molecule has 0 fully saturated rings. The van der Waals surface area contributed by atoms with E-state index in [1.54, 1.807) is 0 Å². The van der Waals surface area contributed by atoms with Crippen molar-refractivity contribution in [3.8, 4) is 12.3 Å². The van der Waals surface area contributed by atoms with Crippen LogP contribution in [0.2, 0.25) is 0 Å². The van der Waals surface area contributed by atoms with Gasteiger partial charge in [0.05, 0.1) is 0 Å². The average Bonchev–Trinajstić information content (AvgIpc) is 2.88. The van der Waals surface area contributed by atoms with Crippen LogP contribution in [0.1, 0.15) is 50.3 Å². The van der Waals surface area contributed by atoms with Crippen molar-refractivity contribution in [3.63, 3.8) is 0 Å². The third-order valence-electron chi connectivity index (χ3n) is 3.11. The third-order valence-corrected chi connectivity index (χ3v) is 4.05. The van der Waals surface area contributed by atoms with E-state index in [1.807, 2.05) is 11.3 Å². The van der Waals surface area contributed by atoms with Gasteiger partial charge in [-0.3, -0.25) is 0 Å². The molecule has 1 unspecified atom stereocenters. The number of hydrogen-bond acceptors (Lipinski definition) is 2. The van der Waals surface area contributed by atoms with E-state index in [0.717, 1.165) is 19.4 Å². The lowest BCUT2D eigenvalue weighted by Crippen LogP contribution is -2.29. The molecule has 1 heterocycles. The SMILES string of the molecule is C#CCCCC(CCCc1cccs1)NCCC. The molecule has 0 aromatic carbocycles. The predicted molar refractivity (Wildman–Crippen MR) is 82.0 cm³/mol. The Balaban J connectivity index is 2.19. The maximum atomic E-state index is 5.31. The summed E-state index contributed by atoms with van der Waals surface area (Å²) >= 11 is 1.87. The molecule has 0 amide bonds. The maximum absolute atomic E-state index is 5.31. The molecule has 2 heteroatoms. The van der Waals surface area contributed by atoms with Gasteiger partial charge in [0.25, 0.3) is 0 Å². The van der Waals surface area contributed by atoms with Gasteiger partial charge in [-0.2, -0.15) is 0 Å². The molecule has 0 radical (unpaired) electrons. The van der Waals surface area contributed by atoms with Crippen molar-refractivity contribution in [1.29, 1.82) is 0 Å². The van der Waals surface area contributed by atoms with E-state index in [4.69, 9.17) is 6.42 Å². The van der Waals surface area contributed by atoms with E-state index in [2.05, 4.69) is 35.7 Å². The monoisotopic (exact) mass is 263 g/mol. The van der Waals surface area contributed by atoms with Gasteiger partial charge >= 0.3 is 0 Å². The highest BCUT2D eigenvalue weighted by Gasteiger charge is 2.07. The summed E-state index contributed by atoms with van der Waals surface area (Å²) < 4.78 is 0. The largest absolute Gasteiger partial charge is 0.314 e. The van der Waals surface area contributed by atoms with Crippen LogP contribution in [-0.2, 0) is 6.42 Å². The molecule has 18 heavy (non-hydrogen) atoms. The number of thiophene rings is 1. The number of aryl methyl sites for hydroxylation is 1. The zero-order valence-electron chi connectivity index (χ0n) is 11.5. The van der Waals surface area contributed by atoms with Crippen molar-refractivity contribution >= 4 is 11.3 Å². The van der Waals surface area contributed by atoms with Crippen LogP contribution in [0.25, 0.3) is 0 Å². The van der Waals surface area contributed by atoms with Gasteiger partial charge in [-0.15, -0.1) is 23.7 Å². The first-order valence-electron chi connectivity index (χ1n) is 7.06. The van der Waals surface area contributed by atoms with Crippen molar-refractivity contribution in [2.24, 2.45) is 0 Å². The molecule has 0 saturated carbocycles. The Morgan fingerprint density at radius 1 is 1.39 bits per heavy atom. The Kier molecular flexibility index (Phi) is 8.63. The molecule has 1 atom stereocenters. The number of unbranched alkanes of at least 4 members (excludes halogenated alkanes) is 1. The summed E-state index contributed by atoms with van der Waals surface area (Å²) in [5.41, 5.74) is 0. The highest BCUT2D eigenvalue weighted by molar-refractivity contribution is 7.09. The lowest BCUT2D eigenvalue weighted by atomic mass is 10.0. The molecule has 0 aliphatic carbocycles. The summed E-state index contributed by atoms with van der Waals surface area (Å²) in [7, 11) is 0. The Morgan fingerprint density at radius 3 is 2.89 bits per heavy atom. The van der Waals surface area contributed by atoms with Crippen LogP contribution in [0.15, 0.2) is 17.5 Å². The van der Waals surface area contributed by atoms with E-state index in [-0.39, 0.29) is 0 Å². The van der Waals surface area contributed by atoms with Gasteiger partial charge in [-0.25, -0.2) is 0 Å². The van der Waals surface area contributed by atoms with Crippen LogP contribution in [-0.4, -0.2) is 12.6 Å². The summed E-state index contributed by atoms with van der Waals surface area (Å²) in [6.07, 6.45) is 13.6. The molecular formula is C16H25NS. The third kappa shape index (κ3) is 6.83. The van der Waals surface area contributed by atoms with Crippen LogP contribution < -0.4 is 5.32 Å². The lowest BCUT2D eigenvalue weighted by molar-refractivity contribution is 0.434. The molecular weight excluding hydrogens is 238 g/mol. The average molecular weight is 263 g/mol. The molecule has 100 valence electrons. The van der Waals surface area contributed by atoms with Crippen LogP contribution in [0, 0.1) is 12.3 Å². The lowest BCUT2D eigenvalue weighted by Gasteiger charge is -2.17. The number of terminal acetylenes is 1. The Morgan fingerprint density at radius 2 is 2.22 bits per heavy atom. The van der Waals surface area contributed by atoms with Gasteiger partial charge in [-0.1, -0.05) is 13.0 Å². The van der Waals surface area contributed by atoms with Crippen molar-refractivity contribution in [1.82, 2.24) is 5.32 Å². The fourth-order valence-corrected chi connectivity index (χ4v) is 2.88. The Hall–Kier alpha value is -0.780. The van der Waals surface area contributed by atoms with E-state index in [0.29, 0.717) is 6.04 Å². The Bertz CT molecular complexity index is 323. The standard InChI is InChI=1S/C16H25NS/c1-3-5-6-9-15(17-13-4-2)10-7-11-16-12-8-14-18-16/h1,8,12,14-15,17H,4-7,9-11,13H2,2H3. The minimum Gasteiger partial charge on any atom is -0.314 e. The second kappa shape index (κ2) is 10.2. The normalized spacial score (nSPS) is 12.2. The minimum absolute atomic E-state index is 0.651. The number of rotatable bonds is 10. The smallest absolute Gasteiger partial charge is 0.00866 e.